The van der Waals surface area contributed by atoms with E-state index in [0.29, 0.717) is 12.4 Å². The summed E-state index contributed by atoms with van der Waals surface area (Å²) in [4.78, 5) is 11.0. The number of hydrogen-bond acceptors (Lipinski definition) is 4. The first-order valence-corrected chi connectivity index (χ1v) is 7.04. The lowest BCUT2D eigenvalue weighted by atomic mass is 10.2. The highest BCUT2D eigenvalue weighted by molar-refractivity contribution is 9.10. The molecule has 1 heterocycles. The standard InChI is InChI=1S/C13H11BrO4S/c1-17-11-3-2-9(14)4-8(11)6-18-10-5-12(13(15)16)19-7-10/h2-5,7H,6H2,1H3,(H,15,16). The Hall–Kier alpha value is -1.53. The van der Waals surface area contributed by atoms with Crippen molar-refractivity contribution in [3.05, 3.63) is 44.6 Å². The van der Waals surface area contributed by atoms with E-state index in [1.165, 1.54) is 6.07 Å². The lowest BCUT2D eigenvalue weighted by Gasteiger charge is -2.09. The molecule has 0 bridgehead atoms. The van der Waals surface area contributed by atoms with E-state index in [9.17, 15) is 4.79 Å². The van der Waals surface area contributed by atoms with E-state index in [1.54, 1.807) is 12.5 Å². The number of methoxy groups -OCH3 is 1. The molecule has 6 heteroatoms. The van der Waals surface area contributed by atoms with Gasteiger partial charge in [0.1, 0.15) is 23.0 Å². The first-order valence-electron chi connectivity index (χ1n) is 5.37. The largest absolute Gasteiger partial charge is 0.496 e. The molecule has 0 amide bonds. The zero-order valence-electron chi connectivity index (χ0n) is 10.1. The van der Waals surface area contributed by atoms with Crippen LogP contribution in [0.15, 0.2) is 34.1 Å². The molecule has 0 saturated heterocycles. The third kappa shape index (κ3) is 3.48. The monoisotopic (exact) mass is 342 g/mol. The summed E-state index contributed by atoms with van der Waals surface area (Å²) in [5.74, 6) is 0.334. The van der Waals surface area contributed by atoms with Crippen molar-refractivity contribution in [2.24, 2.45) is 0 Å². The number of thiophene rings is 1. The van der Waals surface area contributed by atoms with Gasteiger partial charge in [0.05, 0.1) is 7.11 Å². The molecule has 2 aromatic rings. The Morgan fingerprint density at radius 3 is 2.84 bits per heavy atom. The lowest BCUT2D eigenvalue weighted by Crippen LogP contribution is -1.98. The van der Waals surface area contributed by atoms with E-state index in [2.05, 4.69) is 15.9 Å². The number of aromatic carboxylic acids is 1. The molecule has 0 aliphatic rings. The van der Waals surface area contributed by atoms with Crippen molar-refractivity contribution in [1.29, 1.82) is 0 Å². The summed E-state index contributed by atoms with van der Waals surface area (Å²) >= 11 is 4.53. The third-order valence-corrected chi connectivity index (χ3v) is 3.81. The highest BCUT2D eigenvalue weighted by Crippen LogP contribution is 2.26. The SMILES string of the molecule is COc1ccc(Br)cc1COc1csc(C(=O)O)c1. The minimum atomic E-state index is -0.945. The fourth-order valence-corrected chi connectivity index (χ4v) is 2.60. The van der Waals surface area contributed by atoms with Gasteiger partial charge in [-0.05, 0) is 18.2 Å². The molecule has 1 aromatic carbocycles. The summed E-state index contributed by atoms with van der Waals surface area (Å²) in [6.45, 7) is 0.318. The zero-order chi connectivity index (χ0) is 13.8. The van der Waals surface area contributed by atoms with Gasteiger partial charge in [-0.15, -0.1) is 11.3 Å². The number of carboxylic acids is 1. The normalized spacial score (nSPS) is 10.2. The van der Waals surface area contributed by atoms with Crippen molar-refractivity contribution < 1.29 is 19.4 Å². The topological polar surface area (TPSA) is 55.8 Å². The molecule has 19 heavy (non-hydrogen) atoms. The molecule has 0 unspecified atom stereocenters. The number of carboxylic acid groups (broad SMARTS) is 1. The van der Waals surface area contributed by atoms with Gasteiger partial charge >= 0.3 is 5.97 Å². The van der Waals surface area contributed by atoms with Gasteiger partial charge in [0.15, 0.2) is 0 Å². The Labute approximate surface area is 122 Å². The van der Waals surface area contributed by atoms with Crippen molar-refractivity contribution >= 4 is 33.2 Å². The predicted octanol–water partition coefficient (Wildman–Crippen LogP) is 3.80. The zero-order valence-corrected chi connectivity index (χ0v) is 12.5. The Bertz CT molecular complexity index is 594. The van der Waals surface area contributed by atoms with Gasteiger partial charge in [0.2, 0.25) is 0 Å². The predicted molar refractivity (Wildman–Crippen MR) is 76.3 cm³/mol. The lowest BCUT2D eigenvalue weighted by molar-refractivity contribution is 0.0702. The van der Waals surface area contributed by atoms with Crippen molar-refractivity contribution in [2.45, 2.75) is 6.61 Å². The molecule has 0 radical (unpaired) electrons. The van der Waals surface area contributed by atoms with Gasteiger partial charge in [-0.25, -0.2) is 4.79 Å². The van der Waals surface area contributed by atoms with Crippen LogP contribution in [-0.4, -0.2) is 18.2 Å². The van der Waals surface area contributed by atoms with Crippen LogP contribution in [0.4, 0.5) is 0 Å². The van der Waals surface area contributed by atoms with Crippen LogP contribution in [0.3, 0.4) is 0 Å². The average molecular weight is 343 g/mol. The molecule has 1 aromatic heterocycles. The van der Waals surface area contributed by atoms with E-state index < -0.39 is 5.97 Å². The molecule has 1 N–H and O–H groups in total. The smallest absolute Gasteiger partial charge is 0.346 e. The Balaban J connectivity index is 2.09. The summed E-state index contributed by atoms with van der Waals surface area (Å²) in [7, 11) is 1.60. The van der Waals surface area contributed by atoms with Crippen LogP contribution in [0.5, 0.6) is 11.5 Å². The second kappa shape index (κ2) is 6.08. The van der Waals surface area contributed by atoms with E-state index >= 15 is 0 Å². The van der Waals surface area contributed by atoms with Crippen molar-refractivity contribution in [3.8, 4) is 11.5 Å². The second-order valence-electron chi connectivity index (χ2n) is 3.70. The fraction of sp³-hybridized carbons (Fsp3) is 0.154. The Kier molecular flexibility index (Phi) is 4.44. The third-order valence-electron chi connectivity index (χ3n) is 2.42. The number of hydrogen-bond donors (Lipinski definition) is 1. The molecular weight excluding hydrogens is 332 g/mol. The number of carbonyl (C=O) groups is 1. The average Bonchev–Trinajstić information content (AvgIpc) is 2.85. The summed E-state index contributed by atoms with van der Waals surface area (Å²) in [6, 6.07) is 7.15. The molecule has 0 aliphatic heterocycles. The highest BCUT2D eigenvalue weighted by Gasteiger charge is 2.09. The molecule has 0 spiro atoms. The van der Waals surface area contributed by atoms with Crippen molar-refractivity contribution in [1.82, 2.24) is 0 Å². The first-order chi connectivity index (χ1) is 9.10. The maximum absolute atomic E-state index is 10.8. The number of halogens is 1. The molecule has 0 aliphatic carbocycles. The summed E-state index contributed by atoms with van der Waals surface area (Å²) < 4.78 is 11.7. The van der Waals surface area contributed by atoms with Gasteiger partial charge in [-0.2, -0.15) is 0 Å². The quantitative estimate of drug-likeness (QED) is 0.897. The molecule has 2 rings (SSSR count). The minimum Gasteiger partial charge on any atom is -0.496 e. The minimum absolute atomic E-state index is 0.260. The van der Waals surface area contributed by atoms with Crippen molar-refractivity contribution in [2.75, 3.05) is 7.11 Å². The molecule has 0 fully saturated rings. The fourth-order valence-electron chi connectivity index (χ4n) is 1.53. The van der Waals surface area contributed by atoms with Gasteiger partial charge in [-0.3, -0.25) is 0 Å². The second-order valence-corrected chi connectivity index (χ2v) is 5.52. The summed E-state index contributed by atoms with van der Waals surface area (Å²) in [5, 5.41) is 10.5. The van der Waals surface area contributed by atoms with E-state index in [0.717, 1.165) is 27.1 Å². The van der Waals surface area contributed by atoms with Gasteiger partial charge in [-0.1, -0.05) is 15.9 Å². The number of benzene rings is 1. The molecule has 0 atom stereocenters. The van der Waals surface area contributed by atoms with E-state index in [1.807, 2.05) is 18.2 Å². The van der Waals surface area contributed by atoms with Crippen LogP contribution >= 0.6 is 27.3 Å². The van der Waals surface area contributed by atoms with Crippen LogP contribution in [0.1, 0.15) is 15.2 Å². The maximum Gasteiger partial charge on any atom is 0.346 e. The molecular formula is C13H11BrO4S. The molecule has 100 valence electrons. The van der Waals surface area contributed by atoms with E-state index in [-0.39, 0.29) is 4.88 Å². The maximum atomic E-state index is 10.8. The Morgan fingerprint density at radius 1 is 1.42 bits per heavy atom. The molecule has 4 nitrogen and oxygen atoms in total. The first kappa shape index (κ1) is 13.9. The number of rotatable bonds is 5. The van der Waals surface area contributed by atoms with Crippen LogP contribution in [0.25, 0.3) is 0 Å². The highest BCUT2D eigenvalue weighted by atomic mass is 79.9. The molecule has 0 saturated carbocycles. The van der Waals surface area contributed by atoms with Gasteiger partial charge in [0.25, 0.3) is 0 Å². The van der Waals surface area contributed by atoms with Crippen LogP contribution in [0, 0.1) is 0 Å². The Morgan fingerprint density at radius 2 is 2.21 bits per heavy atom. The van der Waals surface area contributed by atoms with Crippen LogP contribution in [0.2, 0.25) is 0 Å². The summed E-state index contributed by atoms with van der Waals surface area (Å²) in [6.07, 6.45) is 0. The van der Waals surface area contributed by atoms with Gasteiger partial charge < -0.3 is 14.6 Å². The van der Waals surface area contributed by atoms with Crippen molar-refractivity contribution in [3.63, 3.8) is 0 Å². The summed E-state index contributed by atoms with van der Waals surface area (Å²) in [5.41, 5.74) is 0.889. The van der Waals surface area contributed by atoms with Gasteiger partial charge in [0, 0.05) is 21.5 Å². The van der Waals surface area contributed by atoms with Crippen LogP contribution in [-0.2, 0) is 6.61 Å². The van der Waals surface area contributed by atoms with E-state index in [4.69, 9.17) is 14.6 Å². The number of ether oxygens (including phenoxy) is 2. The van der Waals surface area contributed by atoms with Crippen LogP contribution < -0.4 is 9.47 Å².